The number of unbranched alkanes of at least 4 members (excludes halogenated alkanes) is 1. The first-order valence-corrected chi connectivity index (χ1v) is 13.9. The van der Waals surface area contributed by atoms with Crippen molar-refractivity contribution < 1.29 is 19.0 Å². The van der Waals surface area contributed by atoms with Crippen LogP contribution in [0.2, 0.25) is 0 Å². The zero-order valence-corrected chi connectivity index (χ0v) is 21.8. The molecular weight excluding hydrogens is 474 g/mol. The summed E-state index contributed by atoms with van der Waals surface area (Å²) in [6.07, 6.45) is 6.75. The number of aryl methyl sites for hydroxylation is 1. The number of rotatable bonds is 7. The zero-order valence-electron chi connectivity index (χ0n) is 20.9. The number of aromatic nitrogens is 2. The van der Waals surface area contributed by atoms with E-state index in [0.717, 1.165) is 40.6 Å². The number of nitrogens with zero attached hydrogens (tertiary/aromatic N) is 3. The van der Waals surface area contributed by atoms with Crippen LogP contribution in [0, 0.1) is 11.8 Å². The van der Waals surface area contributed by atoms with Crippen molar-refractivity contribution in [3.05, 3.63) is 41.5 Å². The third-order valence-corrected chi connectivity index (χ3v) is 8.66. The van der Waals surface area contributed by atoms with Gasteiger partial charge in [0.2, 0.25) is 5.88 Å². The van der Waals surface area contributed by atoms with E-state index in [2.05, 4.69) is 46.5 Å². The molecule has 2 aliphatic heterocycles. The molecule has 0 N–H and O–H groups in total. The smallest absolute Gasteiger partial charge is 0.410 e. The van der Waals surface area contributed by atoms with Gasteiger partial charge in [0.25, 0.3) is 0 Å². The van der Waals surface area contributed by atoms with E-state index in [4.69, 9.17) is 14.2 Å². The van der Waals surface area contributed by atoms with Crippen LogP contribution in [0.5, 0.6) is 5.88 Å². The van der Waals surface area contributed by atoms with Gasteiger partial charge >= 0.3 is 6.09 Å². The number of likely N-dealkylation sites (tertiary alicyclic amines) is 1. The summed E-state index contributed by atoms with van der Waals surface area (Å²) in [6.45, 7) is 6.50. The van der Waals surface area contributed by atoms with Gasteiger partial charge in [-0.2, -0.15) is 0 Å². The van der Waals surface area contributed by atoms with Gasteiger partial charge in [0.15, 0.2) is 0 Å². The number of carbonyl (C=O) groups excluding carboxylic acids is 1. The second-order valence-electron chi connectivity index (χ2n) is 10.7. The topological polar surface area (TPSA) is 73.8 Å². The van der Waals surface area contributed by atoms with E-state index in [-0.39, 0.29) is 29.6 Å². The Morgan fingerprint density at radius 1 is 1.17 bits per heavy atom. The summed E-state index contributed by atoms with van der Waals surface area (Å²) in [6, 6.07) is 8.81. The molecule has 4 heterocycles. The maximum atomic E-state index is 12.7. The number of carbonyl (C=O) groups is 1. The molecule has 0 spiro atoms. The van der Waals surface area contributed by atoms with Gasteiger partial charge in [-0.05, 0) is 43.7 Å². The summed E-state index contributed by atoms with van der Waals surface area (Å²) in [7, 11) is 0. The molecule has 190 valence electrons. The SMILES string of the molecule is CCCCc1ccc(-c2csc3c(OC4C5COCC4CN(C(=O)OC4(C)CC4)C5)ncnc23)cc1. The first-order chi connectivity index (χ1) is 17.5. The van der Waals surface area contributed by atoms with Crippen molar-refractivity contribution in [2.24, 2.45) is 11.8 Å². The lowest BCUT2D eigenvalue weighted by atomic mass is 9.84. The van der Waals surface area contributed by atoms with Crippen LogP contribution in [0.25, 0.3) is 21.3 Å². The Labute approximate surface area is 215 Å². The second-order valence-corrected chi connectivity index (χ2v) is 11.5. The molecular formula is C28H33N3O4S. The number of amides is 1. The van der Waals surface area contributed by atoms with Gasteiger partial charge in [-0.15, -0.1) is 11.3 Å². The number of hydrogen-bond acceptors (Lipinski definition) is 7. The number of benzene rings is 1. The molecule has 8 heteroatoms. The molecule has 3 aromatic rings. The highest BCUT2D eigenvalue weighted by Crippen LogP contribution is 2.41. The van der Waals surface area contributed by atoms with E-state index in [0.29, 0.717) is 32.2 Å². The fourth-order valence-corrected chi connectivity index (χ4v) is 6.23. The normalized spacial score (nSPS) is 24.5. The van der Waals surface area contributed by atoms with Gasteiger partial charge in [0, 0.05) is 35.9 Å². The maximum Gasteiger partial charge on any atom is 0.410 e. The van der Waals surface area contributed by atoms with Gasteiger partial charge in [-0.25, -0.2) is 14.8 Å². The van der Waals surface area contributed by atoms with Crippen LogP contribution in [0.15, 0.2) is 36.0 Å². The highest BCUT2D eigenvalue weighted by molar-refractivity contribution is 7.18. The van der Waals surface area contributed by atoms with Crippen LogP contribution >= 0.6 is 11.3 Å². The number of hydrogen-bond donors (Lipinski definition) is 0. The predicted molar refractivity (Wildman–Crippen MR) is 139 cm³/mol. The largest absolute Gasteiger partial charge is 0.472 e. The molecule has 1 aliphatic carbocycles. The van der Waals surface area contributed by atoms with Gasteiger partial charge in [-0.1, -0.05) is 37.6 Å². The molecule has 1 amide bonds. The first-order valence-electron chi connectivity index (χ1n) is 13.1. The molecule has 2 bridgehead atoms. The Bertz CT molecular complexity index is 1230. The predicted octanol–water partition coefficient (Wildman–Crippen LogP) is 5.72. The van der Waals surface area contributed by atoms with Crippen molar-refractivity contribution in [3.8, 4) is 17.0 Å². The highest BCUT2D eigenvalue weighted by Gasteiger charge is 2.47. The molecule has 2 aromatic heterocycles. The van der Waals surface area contributed by atoms with E-state index >= 15 is 0 Å². The van der Waals surface area contributed by atoms with Crippen molar-refractivity contribution in [1.29, 1.82) is 0 Å². The lowest BCUT2D eigenvalue weighted by molar-refractivity contribution is -0.111. The molecule has 2 unspecified atom stereocenters. The number of ether oxygens (including phenoxy) is 3. The standard InChI is InChI=1S/C28H33N3O4S/c1-3-4-5-18-6-8-19(9-7-18)22-16-36-25-23(22)29-17-30-26(25)34-24-20-12-31(13-21(24)15-33-14-20)27(32)35-28(2)10-11-28/h6-9,16-17,20-21,24H,3-5,10-15H2,1-2H3. The molecule has 2 saturated heterocycles. The van der Waals surface area contributed by atoms with Crippen LogP contribution in [0.3, 0.4) is 0 Å². The van der Waals surface area contributed by atoms with Crippen molar-refractivity contribution in [2.75, 3.05) is 26.3 Å². The quantitative estimate of drug-likeness (QED) is 0.408. The monoisotopic (exact) mass is 507 g/mol. The molecule has 2 atom stereocenters. The summed E-state index contributed by atoms with van der Waals surface area (Å²) in [5.41, 5.74) is 4.29. The van der Waals surface area contributed by atoms with E-state index < -0.39 is 0 Å². The fourth-order valence-electron chi connectivity index (χ4n) is 5.27. The van der Waals surface area contributed by atoms with Crippen LogP contribution < -0.4 is 4.74 Å². The van der Waals surface area contributed by atoms with E-state index in [1.807, 2.05) is 11.8 Å². The third kappa shape index (κ3) is 4.68. The summed E-state index contributed by atoms with van der Waals surface area (Å²) in [4.78, 5) is 23.7. The van der Waals surface area contributed by atoms with Crippen LogP contribution in [-0.2, 0) is 15.9 Å². The lowest BCUT2D eigenvalue weighted by Crippen LogP contribution is -2.59. The Hall–Kier alpha value is -2.71. The second kappa shape index (κ2) is 9.63. The van der Waals surface area contributed by atoms with Crippen molar-refractivity contribution in [2.45, 2.75) is 57.7 Å². The molecule has 1 saturated carbocycles. The van der Waals surface area contributed by atoms with Gasteiger partial charge in [0.05, 0.1) is 18.7 Å². The minimum atomic E-state index is -0.269. The summed E-state index contributed by atoms with van der Waals surface area (Å²) >= 11 is 1.62. The van der Waals surface area contributed by atoms with Crippen molar-refractivity contribution >= 4 is 27.6 Å². The third-order valence-electron chi connectivity index (χ3n) is 7.70. The summed E-state index contributed by atoms with van der Waals surface area (Å²) < 4.78 is 19.1. The fraction of sp³-hybridized carbons (Fsp3) is 0.536. The highest BCUT2D eigenvalue weighted by atomic mass is 32.1. The number of fused-ring (bicyclic) bond motifs is 3. The first kappa shape index (κ1) is 23.7. The summed E-state index contributed by atoms with van der Waals surface area (Å²) in [5.74, 6) is 0.786. The van der Waals surface area contributed by atoms with Gasteiger partial charge in [0.1, 0.15) is 22.7 Å². The maximum absolute atomic E-state index is 12.7. The Morgan fingerprint density at radius 2 is 1.92 bits per heavy atom. The van der Waals surface area contributed by atoms with Crippen LogP contribution in [0.1, 0.15) is 45.1 Å². The average molecular weight is 508 g/mol. The van der Waals surface area contributed by atoms with Crippen LogP contribution in [0.4, 0.5) is 4.79 Å². The molecule has 36 heavy (non-hydrogen) atoms. The van der Waals surface area contributed by atoms with E-state index in [1.165, 1.54) is 18.4 Å². The molecule has 1 aromatic carbocycles. The van der Waals surface area contributed by atoms with Crippen LogP contribution in [-0.4, -0.2) is 59.0 Å². The average Bonchev–Trinajstić information content (AvgIpc) is 3.43. The molecule has 7 nitrogen and oxygen atoms in total. The Kier molecular flexibility index (Phi) is 6.33. The lowest BCUT2D eigenvalue weighted by Gasteiger charge is -2.46. The molecule has 0 radical (unpaired) electrons. The van der Waals surface area contributed by atoms with Gasteiger partial charge < -0.3 is 19.1 Å². The minimum absolute atomic E-state index is 0.0548. The minimum Gasteiger partial charge on any atom is -0.472 e. The summed E-state index contributed by atoms with van der Waals surface area (Å²) in [5, 5.41) is 2.15. The Balaban J connectivity index is 1.20. The molecule has 3 fully saturated rings. The number of piperidine rings is 1. The van der Waals surface area contributed by atoms with Gasteiger partial charge in [-0.3, -0.25) is 0 Å². The number of thiophene rings is 1. The zero-order chi connectivity index (χ0) is 24.7. The van der Waals surface area contributed by atoms with Crippen molar-refractivity contribution in [1.82, 2.24) is 14.9 Å². The van der Waals surface area contributed by atoms with Crippen molar-refractivity contribution in [3.63, 3.8) is 0 Å². The van der Waals surface area contributed by atoms with E-state index in [9.17, 15) is 4.79 Å². The van der Waals surface area contributed by atoms with E-state index in [1.54, 1.807) is 17.7 Å². The molecule has 3 aliphatic rings. The Morgan fingerprint density at radius 3 is 2.61 bits per heavy atom. The molecule has 6 rings (SSSR count).